The second-order valence-corrected chi connectivity index (χ2v) is 7.28. The first-order valence-electron chi connectivity index (χ1n) is 7.49. The number of unbranched alkanes of at least 4 members (excludes halogenated alkanes) is 5. The lowest BCUT2D eigenvalue weighted by Crippen LogP contribution is -2.25. The van der Waals surface area contributed by atoms with E-state index in [1.165, 1.54) is 25.3 Å². The minimum Gasteiger partial charge on any atom is -0.326 e. The highest BCUT2D eigenvalue weighted by Gasteiger charge is 2.17. The van der Waals surface area contributed by atoms with Crippen LogP contribution < -0.4 is 10.5 Å². The summed E-state index contributed by atoms with van der Waals surface area (Å²) >= 11 is 6.02. The van der Waals surface area contributed by atoms with Crippen LogP contribution in [0.1, 0.15) is 51.0 Å². The molecule has 3 N–H and O–H groups in total. The van der Waals surface area contributed by atoms with Crippen molar-refractivity contribution in [2.45, 2.75) is 56.9 Å². The van der Waals surface area contributed by atoms with Crippen LogP contribution in [0.3, 0.4) is 0 Å². The summed E-state index contributed by atoms with van der Waals surface area (Å²) < 4.78 is 26.9. The third-order valence-corrected chi connectivity index (χ3v) is 5.29. The maximum atomic E-state index is 12.2. The predicted octanol–water partition coefficient (Wildman–Crippen LogP) is 3.44. The van der Waals surface area contributed by atoms with Gasteiger partial charge in [-0.25, -0.2) is 13.1 Å². The Bertz CT molecular complexity index is 532. The quantitative estimate of drug-likeness (QED) is 0.645. The van der Waals surface area contributed by atoms with E-state index in [2.05, 4.69) is 11.6 Å². The van der Waals surface area contributed by atoms with Gasteiger partial charge in [0, 0.05) is 13.1 Å². The van der Waals surface area contributed by atoms with Gasteiger partial charge in [0.2, 0.25) is 10.0 Å². The van der Waals surface area contributed by atoms with Crippen LogP contribution in [0.15, 0.2) is 23.1 Å². The number of benzene rings is 1. The van der Waals surface area contributed by atoms with Crippen molar-refractivity contribution in [3.63, 3.8) is 0 Å². The average Bonchev–Trinajstić information content (AvgIpc) is 2.45. The van der Waals surface area contributed by atoms with Gasteiger partial charge in [-0.05, 0) is 24.1 Å². The second kappa shape index (κ2) is 9.41. The van der Waals surface area contributed by atoms with Crippen molar-refractivity contribution in [2.75, 3.05) is 6.54 Å². The molecule has 4 nitrogen and oxygen atoms in total. The normalized spacial score (nSPS) is 11.8. The molecule has 0 saturated carbocycles. The van der Waals surface area contributed by atoms with E-state index in [0.29, 0.717) is 13.1 Å². The average molecular weight is 333 g/mol. The molecule has 0 aliphatic rings. The molecule has 0 aromatic heterocycles. The SMILES string of the molecule is CCCCCCCCNS(=O)(=O)c1ccc(CN)cc1Cl. The molecule has 0 unspecified atom stereocenters. The number of halogens is 1. The zero-order valence-electron chi connectivity index (χ0n) is 12.6. The summed E-state index contributed by atoms with van der Waals surface area (Å²) in [5.74, 6) is 0. The molecule has 0 fully saturated rings. The molecule has 0 amide bonds. The van der Waals surface area contributed by atoms with Gasteiger partial charge in [0.05, 0.1) is 5.02 Å². The lowest BCUT2D eigenvalue weighted by molar-refractivity contribution is 0.567. The molecule has 6 heteroatoms. The molecule has 0 spiro atoms. The number of hydrogen-bond acceptors (Lipinski definition) is 3. The standard InChI is InChI=1S/C15H25ClN2O2S/c1-2-3-4-5-6-7-10-18-21(19,20)15-9-8-13(12-17)11-14(15)16/h8-9,11,18H,2-7,10,12,17H2,1H3. The lowest BCUT2D eigenvalue weighted by atomic mass is 10.1. The molecule has 0 radical (unpaired) electrons. The Kier molecular flexibility index (Phi) is 8.26. The van der Waals surface area contributed by atoms with E-state index < -0.39 is 10.0 Å². The van der Waals surface area contributed by atoms with Crippen molar-refractivity contribution in [1.82, 2.24) is 4.72 Å². The molecule has 0 aliphatic heterocycles. The van der Waals surface area contributed by atoms with Gasteiger partial charge < -0.3 is 5.73 Å². The Morgan fingerprint density at radius 1 is 1.14 bits per heavy atom. The van der Waals surface area contributed by atoms with E-state index in [1.807, 2.05) is 0 Å². The summed E-state index contributed by atoms with van der Waals surface area (Å²) in [5, 5.41) is 0.216. The minimum atomic E-state index is -3.54. The number of rotatable bonds is 10. The molecule has 21 heavy (non-hydrogen) atoms. The Morgan fingerprint density at radius 2 is 1.81 bits per heavy atom. The zero-order chi connectivity index (χ0) is 15.7. The van der Waals surface area contributed by atoms with Gasteiger partial charge >= 0.3 is 0 Å². The smallest absolute Gasteiger partial charge is 0.242 e. The molecular weight excluding hydrogens is 308 g/mol. The van der Waals surface area contributed by atoms with Crippen molar-refractivity contribution in [3.05, 3.63) is 28.8 Å². The zero-order valence-corrected chi connectivity index (χ0v) is 14.1. The summed E-state index contributed by atoms with van der Waals surface area (Å²) in [6, 6.07) is 4.79. The monoisotopic (exact) mass is 332 g/mol. The van der Waals surface area contributed by atoms with Crippen molar-refractivity contribution in [1.29, 1.82) is 0 Å². The lowest BCUT2D eigenvalue weighted by Gasteiger charge is -2.09. The molecule has 0 saturated heterocycles. The molecule has 0 bridgehead atoms. The summed E-state index contributed by atoms with van der Waals surface area (Å²) in [6.07, 6.45) is 6.72. The maximum Gasteiger partial charge on any atom is 0.242 e. The molecule has 0 atom stereocenters. The highest BCUT2D eigenvalue weighted by Crippen LogP contribution is 2.22. The van der Waals surface area contributed by atoms with Crippen molar-refractivity contribution in [3.8, 4) is 0 Å². The van der Waals surface area contributed by atoms with Crippen molar-refractivity contribution >= 4 is 21.6 Å². The van der Waals surface area contributed by atoms with Crippen LogP contribution in [0.4, 0.5) is 0 Å². The van der Waals surface area contributed by atoms with Gasteiger partial charge in [-0.15, -0.1) is 0 Å². The van der Waals surface area contributed by atoms with Crippen molar-refractivity contribution in [2.24, 2.45) is 5.73 Å². The predicted molar refractivity (Wildman–Crippen MR) is 87.9 cm³/mol. The van der Waals surface area contributed by atoms with Crippen LogP contribution in [0.2, 0.25) is 5.02 Å². The first-order valence-corrected chi connectivity index (χ1v) is 9.35. The van der Waals surface area contributed by atoms with Gasteiger partial charge in [-0.1, -0.05) is 56.7 Å². The first kappa shape index (κ1) is 18.4. The number of sulfonamides is 1. The second-order valence-electron chi connectivity index (χ2n) is 5.13. The summed E-state index contributed by atoms with van der Waals surface area (Å²) in [5.41, 5.74) is 6.32. The number of nitrogens with two attached hydrogens (primary N) is 1. The van der Waals surface area contributed by atoms with E-state index >= 15 is 0 Å². The minimum absolute atomic E-state index is 0.118. The number of nitrogens with one attached hydrogen (secondary N) is 1. The molecule has 0 heterocycles. The van der Waals surface area contributed by atoms with E-state index in [-0.39, 0.29) is 9.92 Å². The van der Waals surface area contributed by atoms with Crippen LogP contribution in [0, 0.1) is 0 Å². The van der Waals surface area contributed by atoms with Gasteiger partial charge in [-0.3, -0.25) is 0 Å². The largest absolute Gasteiger partial charge is 0.326 e. The molecular formula is C15H25ClN2O2S. The fraction of sp³-hybridized carbons (Fsp3) is 0.600. The summed E-state index contributed by atoms with van der Waals surface area (Å²) in [7, 11) is -3.54. The van der Waals surface area contributed by atoms with E-state index in [0.717, 1.165) is 24.8 Å². The van der Waals surface area contributed by atoms with Crippen molar-refractivity contribution < 1.29 is 8.42 Å². The maximum absolute atomic E-state index is 12.2. The molecule has 1 aromatic rings. The molecule has 1 aromatic carbocycles. The molecule has 0 aliphatic carbocycles. The summed E-state index contributed by atoms with van der Waals surface area (Å²) in [6.45, 7) is 2.96. The Balaban J connectivity index is 2.46. The first-order chi connectivity index (χ1) is 10.0. The topological polar surface area (TPSA) is 72.2 Å². The Hall–Kier alpha value is -0.620. The Labute approximate surface area is 133 Å². The van der Waals surface area contributed by atoms with Crippen LogP contribution in [-0.2, 0) is 16.6 Å². The van der Waals surface area contributed by atoms with Gasteiger partial charge in [0.1, 0.15) is 4.90 Å². The van der Waals surface area contributed by atoms with Crippen LogP contribution in [0.25, 0.3) is 0 Å². The number of hydrogen-bond donors (Lipinski definition) is 2. The van der Waals surface area contributed by atoms with Gasteiger partial charge in [-0.2, -0.15) is 0 Å². The van der Waals surface area contributed by atoms with Crippen LogP contribution in [-0.4, -0.2) is 15.0 Å². The van der Waals surface area contributed by atoms with Gasteiger partial charge in [0.15, 0.2) is 0 Å². The van der Waals surface area contributed by atoms with Crippen LogP contribution >= 0.6 is 11.6 Å². The fourth-order valence-electron chi connectivity index (χ4n) is 2.08. The van der Waals surface area contributed by atoms with Crippen LogP contribution in [0.5, 0.6) is 0 Å². The third kappa shape index (κ3) is 6.34. The molecule has 120 valence electrons. The van der Waals surface area contributed by atoms with Gasteiger partial charge in [0.25, 0.3) is 0 Å². The Morgan fingerprint density at radius 3 is 2.43 bits per heavy atom. The molecule has 1 rings (SSSR count). The highest BCUT2D eigenvalue weighted by molar-refractivity contribution is 7.89. The van der Waals surface area contributed by atoms with E-state index in [1.54, 1.807) is 12.1 Å². The fourth-order valence-corrected chi connectivity index (χ4v) is 3.72. The summed E-state index contributed by atoms with van der Waals surface area (Å²) in [4.78, 5) is 0.118. The third-order valence-electron chi connectivity index (χ3n) is 3.34. The highest BCUT2D eigenvalue weighted by atomic mass is 35.5. The van der Waals surface area contributed by atoms with E-state index in [9.17, 15) is 8.42 Å². The van der Waals surface area contributed by atoms with E-state index in [4.69, 9.17) is 17.3 Å².